The summed E-state index contributed by atoms with van der Waals surface area (Å²) >= 11 is 0. The van der Waals surface area contributed by atoms with E-state index >= 15 is 0 Å². The molecular formula is C15H15F2N3. The average molecular weight is 275 g/mol. The lowest BCUT2D eigenvalue weighted by Gasteiger charge is -2.09. The quantitative estimate of drug-likeness (QED) is 0.923. The predicted molar refractivity (Wildman–Crippen MR) is 73.5 cm³/mol. The van der Waals surface area contributed by atoms with E-state index in [1.165, 1.54) is 12.1 Å². The van der Waals surface area contributed by atoms with Gasteiger partial charge in [0.25, 0.3) is 0 Å². The van der Waals surface area contributed by atoms with Crippen LogP contribution in [-0.2, 0) is 0 Å². The Bertz CT molecular complexity index is 639. The van der Waals surface area contributed by atoms with Crippen molar-refractivity contribution >= 4 is 5.82 Å². The van der Waals surface area contributed by atoms with Crippen LogP contribution in [0.2, 0.25) is 0 Å². The first-order chi connectivity index (χ1) is 9.67. The maximum absolute atomic E-state index is 13.9. The Labute approximate surface area is 116 Å². The smallest absolute Gasteiger partial charge is 0.135 e. The highest BCUT2D eigenvalue weighted by Gasteiger charge is 2.27. The maximum atomic E-state index is 13.9. The first-order valence-electron chi connectivity index (χ1n) is 6.75. The summed E-state index contributed by atoms with van der Waals surface area (Å²) in [5.74, 6) is 0.601. The summed E-state index contributed by atoms with van der Waals surface area (Å²) in [4.78, 5) is 8.86. The summed E-state index contributed by atoms with van der Waals surface area (Å²) in [5.41, 5.74) is 0.796. The molecule has 1 aliphatic rings. The molecule has 1 N–H and O–H groups in total. The Hall–Kier alpha value is -2.04. The van der Waals surface area contributed by atoms with Crippen molar-refractivity contribution in [1.29, 1.82) is 0 Å². The minimum Gasteiger partial charge on any atom is -0.370 e. The van der Waals surface area contributed by atoms with E-state index in [1.807, 2.05) is 6.92 Å². The van der Waals surface area contributed by atoms with E-state index in [2.05, 4.69) is 15.3 Å². The summed E-state index contributed by atoms with van der Waals surface area (Å²) in [5, 5.41) is 3.12. The molecule has 0 atom stereocenters. The molecule has 1 aromatic carbocycles. The molecule has 0 radical (unpaired) electrons. The van der Waals surface area contributed by atoms with Gasteiger partial charge in [-0.05, 0) is 31.9 Å². The zero-order valence-corrected chi connectivity index (χ0v) is 11.2. The van der Waals surface area contributed by atoms with Gasteiger partial charge in [-0.15, -0.1) is 0 Å². The number of nitrogens with one attached hydrogen (secondary N) is 1. The van der Waals surface area contributed by atoms with Crippen LogP contribution in [0.3, 0.4) is 0 Å². The largest absolute Gasteiger partial charge is 0.370 e. The third-order valence-electron chi connectivity index (χ3n) is 3.25. The molecule has 5 heteroatoms. The van der Waals surface area contributed by atoms with Gasteiger partial charge < -0.3 is 5.32 Å². The maximum Gasteiger partial charge on any atom is 0.135 e. The van der Waals surface area contributed by atoms with Crippen LogP contribution in [0.25, 0.3) is 11.3 Å². The number of aromatic nitrogens is 2. The van der Waals surface area contributed by atoms with Crippen molar-refractivity contribution < 1.29 is 8.78 Å². The van der Waals surface area contributed by atoms with Crippen molar-refractivity contribution in [2.45, 2.75) is 25.7 Å². The molecule has 3 rings (SSSR count). The number of hydrogen-bond donors (Lipinski definition) is 1. The van der Waals surface area contributed by atoms with E-state index in [-0.39, 0.29) is 0 Å². The Morgan fingerprint density at radius 1 is 1.20 bits per heavy atom. The molecule has 0 aliphatic heterocycles. The van der Waals surface area contributed by atoms with E-state index in [9.17, 15) is 8.78 Å². The minimum absolute atomic E-state index is 0.301. The van der Waals surface area contributed by atoms with Crippen LogP contribution in [-0.4, -0.2) is 16.5 Å². The van der Waals surface area contributed by atoms with Crippen molar-refractivity contribution in [1.82, 2.24) is 9.97 Å². The molecule has 0 saturated heterocycles. The van der Waals surface area contributed by atoms with Gasteiger partial charge >= 0.3 is 0 Å². The molecule has 2 aromatic rings. The molecule has 0 bridgehead atoms. The Kier molecular flexibility index (Phi) is 3.34. The zero-order valence-electron chi connectivity index (χ0n) is 11.2. The number of anilines is 1. The highest BCUT2D eigenvalue weighted by atomic mass is 19.1. The van der Waals surface area contributed by atoms with Gasteiger partial charge in [0.05, 0.1) is 5.69 Å². The molecular weight excluding hydrogens is 260 g/mol. The van der Waals surface area contributed by atoms with Crippen molar-refractivity contribution in [3.63, 3.8) is 0 Å². The second-order valence-corrected chi connectivity index (χ2v) is 4.93. The molecule has 20 heavy (non-hydrogen) atoms. The third kappa shape index (κ3) is 2.61. The fraction of sp³-hybridized carbons (Fsp3) is 0.333. The zero-order chi connectivity index (χ0) is 14.1. The molecule has 3 nitrogen and oxygen atoms in total. The topological polar surface area (TPSA) is 37.8 Å². The lowest BCUT2D eigenvalue weighted by atomic mass is 10.1. The summed E-state index contributed by atoms with van der Waals surface area (Å²) in [6.07, 6.45) is 2.14. The highest BCUT2D eigenvalue weighted by Crippen LogP contribution is 2.39. The number of benzene rings is 1. The first-order valence-corrected chi connectivity index (χ1v) is 6.75. The highest BCUT2D eigenvalue weighted by molar-refractivity contribution is 5.63. The second kappa shape index (κ2) is 5.15. The molecule has 1 fully saturated rings. The van der Waals surface area contributed by atoms with Crippen LogP contribution in [0, 0.1) is 11.6 Å². The monoisotopic (exact) mass is 275 g/mol. The molecule has 1 aliphatic carbocycles. The third-order valence-corrected chi connectivity index (χ3v) is 3.25. The predicted octanol–water partition coefficient (Wildman–Crippen LogP) is 3.73. The lowest BCUT2D eigenvalue weighted by molar-refractivity contribution is 0.585. The summed E-state index contributed by atoms with van der Waals surface area (Å²) < 4.78 is 26.9. The van der Waals surface area contributed by atoms with Gasteiger partial charge in [-0.25, -0.2) is 18.7 Å². The minimum atomic E-state index is -0.604. The van der Waals surface area contributed by atoms with Crippen molar-refractivity contribution in [3.05, 3.63) is 41.7 Å². The molecule has 1 aromatic heterocycles. The number of halogens is 2. The van der Waals surface area contributed by atoms with Gasteiger partial charge in [0.15, 0.2) is 0 Å². The van der Waals surface area contributed by atoms with Gasteiger partial charge in [-0.1, -0.05) is 0 Å². The molecule has 0 spiro atoms. The van der Waals surface area contributed by atoms with Gasteiger partial charge in [0, 0.05) is 30.2 Å². The number of nitrogens with zero attached hydrogens (tertiary/aromatic N) is 2. The summed E-state index contributed by atoms with van der Waals surface area (Å²) in [6, 6.07) is 5.23. The Morgan fingerprint density at radius 3 is 2.65 bits per heavy atom. The Balaban J connectivity index is 2.06. The fourth-order valence-electron chi connectivity index (χ4n) is 2.10. The van der Waals surface area contributed by atoms with Gasteiger partial charge in [0.2, 0.25) is 0 Å². The van der Waals surface area contributed by atoms with Gasteiger partial charge in [-0.2, -0.15) is 0 Å². The van der Waals surface area contributed by atoms with E-state index in [0.29, 0.717) is 23.0 Å². The van der Waals surface area contributed by atoms with Gasteiger partial charge in [0.1, 0.15) is 23.3 Å². The standard InChI is InChI=1S/C15H15F2N3/c1-2-18-14-8-13(19-15(20-14)9-3-4-9)11-6-5-10(16)7-12(11)17/h5-9H,2-4H2,1H3,(H,18,19,20). The molecule has 1 heterocycles. The van der Waals surface area contributed by atoms with Crippen molar-refractivity contribution in [2.24, 2.45) is 0 Å². The van der Waals surface area contributed by atoms with Gasteiger partial charge in [-0.3, -0.25) is 0 Å². The molecule has 104 valence electrons. The number of hydrogen-bond acceptors (Lipinski definition) is 3. The summed E-state index contributed by atoms with van der Waals surface area (Å²) in [7, 11) is 0. The fourth-order valence-corrected chi connectivity index (χ4v) is 2.10. The Morgan fingerprint density at radius 2 is 2.00 bits per heavy atom. The molecule has 1 saturated carbocycles. The number of rotatable bonds is 4. The SMILES string of the molecule is CCNc1cc(-c2ccc(F)cc2F)nc(C2CC2)n1. The average Bonchev–Trinajstić information content (AvgIpc) is 3.23. The van der Waals surface area contributed by atoms with E-state index in [0.717, 1.165) is 31.3 Å². The van der Waals surface area contributed by atoms with E-state index in [1.54, 1.807) is 6.07 Å². The summed E-state index contributed by atoms with van der Waals surface area (Å²) in [6.45, 7) is 2.70. The van der Waals surface area contributed by atoms with Crippen molar-refractivity contribution in [2.75, 3.05) is 11.9 Å². The van der Waals surface area contributed by atoms with Crippen LogP contribution in [0.15, 0.2) is 24.3 Å². The molecule has 0 amide bonds. The van der Waals surface area contributed by atoms with Crippen LogP contribution in [0.5, 0.6) is 0 Å². The van der Waals surface area contributed by atoms with Crippen molar-refractivity contribution in [3.8, 4) is 11.3 Å². The van der Waals surface area contributed by atoms with E-state index in [4.69, 9.17) is 0 Å². The first kappa shape index (κ1) is 13.0. The lowest BCUT2D eigenvalue weighted by Crippen LogP contribution is -2.04. The molecule has 0 unspecified atom stereocenters. The van der Waals surface area contributed by atoms with Crippen LogP contribution in [0.4, 0.5) is 14.6 Å². The van der Waals surface area contributed by atoms with Crippen LogP contribution < -0.4 is 5.32 Å². The van der Waals surface area contributed by atoms with E-state index < -0.39 is 11.6 Å². The van der Waals surface area contributed by atoms with Crippen LogP contribution >= 0.6 is 0 Å². The normalized spacial score (nSPS) is 14.3. The van der Waals surface area contributed by atoms with Crippen LogP contribution in [0.1, 0.15) is 31.5 Å². The second-order valence-electron chi connectivity index (χ2n) is 4.93.